The third-order valence-corrected chi connectivity index (χ3v) is 1.05. The molecule has 3 nitrogen and oxygen atoms in total. The van der Waals surface area contributed by atoms with Gasteiger partial charge in [-0.3, -0.25) is 4.79 Å². The number of ether oxygens (including phenoxy) is 1. The topological polar surface area (TPSA) is 50.1 Å². The van der Waals surface area contributed by atoms with E-state index in [0.717, 1.165) is 0 Å². The molecule has 0 rings (SSSR count). The molecule has 0 N–H and O–H groups in total. The van der Waals surface area contributed by atoms with Crippen LogP contribution in [0.4, 0.5) is 0 Å². The van der Waals surface area contributed by atoms with Crippen molar-refractivity contribution < 1.29 is 9.53 Å². The van der Waals surface area contributed by atoms with Gasteiger partial charge < -0.3 is 4.74 Å². The summed E-state index contributed by atoms with van der Waals surface area (Å²) in [4.78, 5) is 10.5. The van der Waals surface area contributed by atoms with Crippen molar-refractivity contribution in [2.75, 3.05) is 7.11 Å². The molecule has 0 spiro atoms. The smallest absolute Gasteiger partial charge is 0.323 e. The maximum atomic E-state index is 10.5. The van der Waals surface area contributed by atoms with Crippen molar-refractivity contribution in [3.8, 4) is 6.07 Å². The summed E-state index contributed by atoms with van der Waals surface area (Å²) in [5, 5.41) is 8.28. The van der Waals surface area contributed by atoms with Crippen LogP contribution in [0.15, 0.2) is 0 Å². The molecule has 0 aromatic rings. The first-order valence-corrected chi connectivity index (χ1v) is 2.73. The quantitative estimate of drug-likeness (QED) is 0.513. The minimum atomic E-state index is -0.588. The lowest BCUT2D eigenvalue weighted by molar-refractivity contribution is -0.143. The summed E-state index contributed by atoms with van der Waals surface area (Å²) in [5.74, 6) is -1.03. The second-order valence-corrected chi connectivity index (χ2v) is 1.61. The zero-order valence-corrected chi connectivity index (χ0v) is 5.55. The van der Waals surface area contributed by atoms with E-state index in [9.17, 15) is 4.79 Å². The van der Waals surface area contributed by atoms with E-state index < -0.39 is 11.9 Å². The zero-order chi connectivity index (χ0) is 7.28. The second kappa shape index (κ2) is 3.90. The van der Waals surface area contributed by atoms with Crippen LogP contribution in [0.1, 0.15) is 13.3 Å². The van der Waals surface area contributed by atoms with E-state index in [1.54, 1.807) is 6.92 Å². The molecule has 0 saturated heterocycles. The number of rotatable bonds is 2. The van der Waals surface area contributed by atoms with Gasteiger partial charge in [0, 0.05) is 0 Å². The Morgan fingerprint density at radius 2 is 2.44 bits per heavy atom. The van der Waals surface area contributed by atoms with Gasteiger partial charge in [-0.05, 0) is 6.42 Å². The molecule has 0 radical (unpaired) electrons. The number of carbonyl (C=O) groups excluding carboxylic acids is 1. The average molecular weight is 127 g/mol. The van der Waals surface area contributed by atoms with E-state index in [0.29, 0.717) is 6.42 Å². The number of methoxy groups -OCH3 is 1. The van der Waals surface area contributed by atoms with E-state index in [1.165, 1.54) is 7.11 Å². The van der Waals surface area contributed by atoms with Gasteiger partial charge in [-0.25, -0.2) is 0 Å². The Morgan fingerprint density at radius 1 is 1.89 bits per heavy atom. The Balaban J connectivity index is 3.84. The van der Waals surface area contributed by atoms with E-state index in [-0.39, 0.29) is 0 Å². The number of carbonyl (C=O) groups is 1. The first-order valence-electron chi connectivity index (χ1n) is 2.73. The molecule has 0 aliphatic heterocycles. The molecule has 0 aromatic heterocycles. The molecule has 0 saturated carbocycles. The largest absolute Gasteiger partial charge is 0.468 e. The van der Waals surface area contributed by atoms with E-state index >= 15 is 0 Å². The van der Waals surface area contributed by atoms with Crippen LogP contribution < -0.4 is 0 Å². The highest BCUT2D eigenvalue weighted by atomic mass is 16.5. The van der Waals surface area contributed by atoms with Crippen LogP contribution >= 0.6 is 0 Å². The summed E-state index contributed by atoms with van der Waals surface area (Å²) in [6.07, 6.45) is 0.517. The first-order chi connectivity index (χ1) is 4.26. The average Bonchev–Trinajstić information content (AvgIpc) is 1.90. The predicted molar refractivity (Wildman–Crippen MR) is 31.4 cm³/mol. The lowest BCUT2D eigenvalue weighted by Crippen LogP contribution is -2.12. The second-order valence-electron chi connectivity index (χ2n) is 1.61. The van der Waals surface area contributed by atoms with Gasteiger partial charge in [-0.1, -0.05) is 6.92 Å². The zero-order valence-electron chi connectivity index (χ0n) is 5.55. The van der Waals surface area contributed by atoms with Crippen molar-refractivity contribution >= 4 is 5.97 Å². The molecule has 3 heteroatoms. The molecule has 0 amide bonds. The Bertz CT molecular complexity index is 136. The van der Waals surface area contributed by atoms with Crippen LogP contribution in [0.2, 0.25) is 0 Å². The molecule has 0 aliphatic rings. The van der Waals surface area contributed by atoms with Crippen LogP contribution in [0.5, 0.6) is 0 Å². The Hall–Kier alpha value is -1.04. The van der Waals surface area contributed by atoms with Crippen LogP contribution in [-0.2, 0) is 9.53 Å². The van der Waals surface area contributed by atoms with Crippen LogP contribution in [-0.4, -0.2) is 13.1 Å². The van der Waals surface area contributed by atoms with Gasteiger partial charge >= 0.3 is 5.97 Å². The first kappa shape index (κ1) is 7.96. The summed E-state index contributed by atoms with van der Waals surface area (Å²) in [5.41, 5.74) is 0. The Kier molecular flexibility index (Phi) is 3.45. The fraction of sp³-hybridized carbons (Fsp3) is 0.667. The van der Waals surface area contributed by atoms with Gasteiger partial charge in [-0.2, -0.15) is 5.26 Å². The van der Waals surface area contributed by atoms with Crippen molar-refractivity contribution in [3.63, 3.8) is 0 Å². The van der Waals surface area contributed by atoms with Crippen molar-refractivity contribution in [1.82, 2.24) is 0 Å². The number of nitrogens with zero attached hydrogens (tertiary/aromatic N) is 1. The van der Waals surface area contributed by atoms with Gasteiger partial charge in [0.1, 0.15) is 5.92 Å². The fourth-order valence-electron chi connectivity index (χ4n) is 0.453. The number of hydrogen-bond acceptors (Lipinski definition) is 3. The number of hydrogen-bond donors (Lipinski definition) is 0. The lowest BCUT2D eigenvalue weighted by Gasteiger charge is -2.00. The molecular formula is C6H9NO2. The molecule has 1 atom stereocenters. The highest BCUT2D eigenvalue weighted by Crippen LogP contribution is 2.01. The van der Waals surface area contributed by atoms with Crippen LogP contribution in [0.25, 0.3) is 0 Å². The van der Waals surface area contributed by atoms with Crippen molar-refractivity contribution in [2.24, 2.45) is 5.92 Å². The normalized spacial score (nSPS) is 11.7. The van der Waals surface area contributed by atoms with Crippen LogP contribution in [0.3, 0.4) is 0 Å². The van der Waals surface area contributed by atoms with Gasteiger partial charge in [-0.15, -0.1) is 0 Å². The third kappa shape index (κ3) is 2.13. The van der Waals surface area contributed by atoms with Gasteiger partial charge in [0.05, 0.1) is 13.2 Å². The van der Waals surface area contributed by atoms with E-state index in [4.69, 9.17) is 5.26 Å². The van der Waals surface area contributed by atoms with E-state index in [1.807, 2.05) is 6.07 Å². The molecule has 50 valence electrons. The molecule has 0 aromatic carbocycles. The summed E-state index contributed by atoms with van der Waals surface area (Å²) < 4.78 is 4.33. The SMILES string of the molecule is CCC(C#N)C(=O)OC. The Labute approximate surface area is 54.2 Å². The maximum Gasteiger partial charge on any atom is 0.323 e. The summed E-state index contributed by atoms with van der Waals surface area (Å²) >= 11 is 0. The highest BCUT2D eigenvalue weighted by molar-refractivity contribution is 5.74. The minimum Gasteiger partial charge on any atom is -0.468 e. The van der Waals surface area contributed by atoms with E-state index in [2.05, 4.69) is 4.74 Å². The minimum absolute atomic E-state index is 0.444. The standard InChI is InChI=1S/C6H9NO2/c1-3-5(4-7)6(8)9-2/h5H,3H2,1-2H3. The molecule has 0 bridgehead atoms. The molecule has 1 unspecified atom stereocenters. The summed E-state index contributed by atoms with van der Waals surface area (Å²) in [7, 11) is 1.28. The van der Waals surface area contributed by atoms with Crippen LogP contribution in [0, 0.1) is 17.2 Å². The maximum absolute atomic E-state index is 10.5. The summed E-state index contributed by atoms with van der Waals surface area (Å²) in [6.45, 7) is 1.77. The highest BCUT2D eigenvalue weighted by Gasteiger charge is 2.14. The van der Waals surface area contributed by atoms with Gasteiger partial charge in [0.15, 0.2) is 0 Å². The number of esters is 1. The monoisotopic (exact) mass is 127 g/mol. The molecular weight excluding hydrogens is 118 g/mol. The predicted octanol–water partition coefficient (Wildman–Crippen LogP) is 0.709. The van der Waals surface area contributed by atoms with Gasteiger partial charge in [0.2, 0.25) is 0 Å². The third-order valence-electron chi connectivity index (χ3n) is 1.05. The fourth-order valence-corrected chi connectivity index (χ4v) is 0.453. The van der Waals surface area contributed by atoms with Gasteiger partial charge in [0.25, 0.3) is 0 Å². The van der Waals surface area contributed by atoms with Crippen molar-refractivity contribution in [3.05, 3.63) is 0 Å². The molecule has 0 fully saturated rings. The van der Waals surface area contributed by atoms with Crippen molar-refractivity contribution in [2.45, 2.75) is 13.3 Å². The Morgan fingerprint density at radius 3 is 2.56 bits per heavy atom. The number of nitriles is 1. The molecule has 0 aliphatic carbocycles. The summed E-state index contributed by atoms with van der Waals surface area (Å²) in [6, 6.07) is 1.83. The molecule has 9 heavy (non-hydrogen) atoms. The lowest BCUT2D eigenvalue weighted by atomic mass is 10.1. The molecule has 0 heterocycles. The van der Waals surface area contributed by atoms with Crippen molar-refractivity contribution in [1.29, 1.82) is 5.26 Å².